The largest absolute Gasteiger partial charge is 0.480 e. The number of ether oxygens (including phenoxy) is 1. The van der Waals surface area contributed by atoms with Gasteiger partial charge in [0.05, 0.1) is 4.75 Å². The van der Waals surface area contributed by atoms with Crippen molar-refractivity contribution in [1.82, 2.24) is 4.90 Å². The van der Waals surface area contributed by atoms with Gasteiger partial charge in [-0.25, -0.2) is 9.59 Å². The maximum absolute atomic E-state index is 13.7. The summed E-state index contributed by atoms with van der Waals surface area (Å²) in [7, 11) is 0. The van der Waals surface area contributed by atoms with Crippen molar-refractivity contribution in [1.29, 1.82) is 0 Å². The minimum Gasteiger partial charge on any atom is -0.480 e. The van der Waals surface area contributed by atoms with Crippen LogP contribution in [0, 0.1) is 0 Å². The Labute approximate surface area is 267 Å². The summed E-state index contributed by atoms with van der Waals surface area (Å²) in [4.78, 5) is 27.7. The van der Waals surface area contributed by atoms with Gasteiger partial charge in [0.1, 0.15) is 12.6 Å². The van der Waals surface area contributed by atoms with Crippen molar-refractivity contribution in [2.75, 3.05) is 13.2 Å². The number of rotatable bonds is 8. The molecular formula is C39H33NO4S. The summed E-state index contributed by atoms with van der Waals surface area (Å²) in [6.45, 7) is 0.419. The van der Waals surface area contributed by atoms with Crippen LogP contribution >= 0.6 is 11.8 Å². The number of hydrogen-bond acceptors (Lipinski definition) is 4. The van der Waals surface area contributed by atoms with Gasteiger partial charge in [0.25, 0.3) is 0 Å². The highest BCUT2D eigenvalue weighted by molar-refractivity contribution is 8.01. The third-order valence-corrected chi connectivity index (χ3v) is 10.7. The van der Waals surface area contributed by atoms with Gasteiger partial charge in [-0.05, 0) is 45.4 Å². The van der Waals surface area contributed by atoms with E-state index in [-0.39, 0.29) is 24.3 Å². The fraction of sp³-hybridized carbons (Fsp3) is 0.179. The molecule has 2 aliphatic rings. The average Bonchev–Trinajstić information content (AvgIpc) is 3.67. The minimum absolute atomic E-state index is 0.0979. The predicted octanol–water partition coefficient (Wildman–Crippen LogP) is 8.19. The molecule has 1 saturated heterocycles. The zero-order chi connectivity index (χ0) is 30.8. The molecule has 5 aromatic carbocycles. The van der Waals surface area contributed by atoms with Gasteiger partial charge >= 0.3 is 12.1 Å². The number of benzene rings is 5. The molecule has 1 heterocycles. The molecule has 6 heteroatoms. The van der Waals surface area contributed by atoms with E-state index < -0.39 is 22.9 Å². The minimum atomic E-state index is -1.02. The van der Waals surface area contributed by atoms with E-state index in [1.165, 1.54) is 4.90 Å². The summed E-state index contributed by atoms with van der Waals surface area (Å²) in [6.07, 6.45) is -0.268. The Morgan fingerprint density at radius 1 is 0.689 bits per heavy atom. The number of aliphatic carboxylic acids is 1. The Hall–Kier alpha value is -4.81. The normalized spacial score (nSPS) is 17.5. The Morgan fingerprint density at radius 2 is 1.13 bits per heavy atom. The summed E-state index contributed by atoms with van der Waals surface area (Å²) < 4.78 is 5.33. The SMILES string of the molecule is O=C(O)C1CC(SC(c2ccccc2)(c2ccccc2)c2ccccc2)CN1C(=O)OCC1c2ccccc2-c2ccccc21. The first-order valence-corrected chi connectivity index (χ1v) is 16.1. The molecule has 1 fully saturated rings. The van der Waals surface area contributed by atoms with Gasteiger partial charge in [0, 0.05) is 17.7 Å². The van der Waals surface area contributed by atoms with Crippen LogP contribution in [0.2, 0.25) is 0 Å². The van der Waals surface area contributed by atoms with Crippen molar-refractivity contribution < 1.29 is 19.4 Å². The van der Waals surface area contributed by atoms with Crippen LogP contribution in [0.1, 0.15) is 40.2 Å². The first-order chi connectivity index (χ1) is 22.1. The van der Waals surface area contributed by atoms with Crippen molar-refractivity contribution in [3.8, 4) is 11.1 Å². The van der Waals surface area contributed by atoms with Crippen LogP contribution in [0.3, 0.4) is 0 Å². The smallest absolute Gasteiger partial charge is 0.410 e. The fourth-order valence-corrected chi connectivity index (χ4v) is 8.80. The standard InChI is InChI=1S/C39H33NO4S/c41-37(42)36-24-30(25-40(36)38(43)44-26-35-33-22-12-10-20-31(33)32-21-11-13-23-34(32)35)45-39(27-14-4-1-5-15-27,28-16-6-2-7-17-28)29-18-8-3-9-19-29/h1-23,30,35-36H,24-26H2,(H,41,42). The summed E-state index contributed by atoms with van der Waals surface area (Å²) >= 11 is 1.71. The molecule has 5 nitrogen and oxygen atoms in total. The number of thioether (sulfide) groups is 1. The molecule has 1 aliphatic heterocycles. The number of hydrogen-bond donors (Lipinski definition) is 1. The highest BCUT2D eigenvalue weighted by Gasteiger charge is 2.47. The molecule has 0 bridgehead atoms. The summed E-state index contributed by atoms with van der Waals surface area (Å²) in [5.41, 5.74) is 7.82. The molecule has 0 aromatic heterocycles. The first kappa shape index (κ1) is 28.9. The lowest BCUT2D eigenvalue weighted by Crippen LogP contribution is -2.41. The summed E-state index contributed by atoms with van der Waals surface area (Å²) in [6, 6.07) is 46.4. The van der Waals surface area contributed by atoms with Gasteiger partial charge in [-0.2, -0.15) is 0 Å². The van der Waals surface area contributed by atoms with Gasteiger partial charge in [-0.15, -0.1) is 11.8 Å². The van der Waals surface area contributed by atoms with E-state index >= 15 is 0 Å². The zero-order valence-electron chi connectivity index (χ0n) is 24.7. The van der Waals surface area contributed by atoms with Crippen LogP contribution in [-0.2, 0) is 14.3 Å². The molecule has 0 spiro atoms. The number of carbonyl (C=O) groups excluding carboxylic acids is 1. The monoisotopic (exact) mass is 611 g/mol. The predicted molar refractivity (Wildman–Crippen MR) is 178 cm³/mol. The van der Waals surface area contributed by atoms with E-state index in [0.29, 0.717) is 6.42 Å². The number of carboxylic acid groups (broad SMARTS) is 1. The third-order valence-electron chi connectivity index (χ3n) is 9.00. The average molecular weight is 612 g/mol. The lowest BCUT2D eigenvalue weighted by atomic mass is 9.84. The van der Waals surface area contributed by atoms with E-state index in [9.17, 15) is 14.7 Å². The summed E-state index contributed by atoms with van der Waals surface area (Å²) in [5.74, 6) is -1.12. The van der Waals surface area contributed by atoms with Gasteiger partial charge in [-0.1, -0.05) is 140 Å². The highest BCUT2D eigenvalue weighted by atomic mass is 32.2. The number of fused-ring (bicyclic) bond motifs is 3. The molecule has 7 rings (SSSR count). The van der Waals surface area contributed by atoms with Crippen LogP contribution in [0.15, 0.2) is 140 Å². The molecule has 2 unspecified atom stereocenters. The van der Waals surface area contributed by atoms with Crippen molar-refractivity contribution in [2.45, 2.75) is 28.4 Å². The first-order valence-electron chi connectivity index (χ1n) is 15.2. The second kappa shape index (κ2) is 12.3. The van der Waals surface area contributed by atoms with Crippen molar-refractivity contribution in [3.05, 3.63) is 167 Å². The number of likely N-dealkylation sites (tertiary alicyclic amines) is 1. The number of carboxylic acids is 1. The van der Waals surface area contributed by atoms with Crippen molar-refractivity contribution in [2.24, 2.45) is 0 Å². The van der Waals surface area contributed by atoms with Crippen molar-refractivity contribution >= 4 is 23.8 Å². The molecule has 5 aromatic rings. The Kier molecular flexibility index (Phi) is 7.90. The Balaban J connectivity index is 1.18. The third kappa shape index (κ3) is 5.29. The molecule has 1 aliphatic carbocycles. The maximum atomic E-state index is 13.7. The Morgan fingerprint density at radius 3 is 1.60 bits per heavy atom. The fourth-order valence-electron chi connectivity index (χ4n) is 6.97. The zero-order valence-corrected chi connectivity index (χ0v) is 25.5. The molecule has 0 saturated carbocycles. The second-order valence-corrected chi connectivity index (χ2v) is 13.1. The molecular weight excluding hydrogens is 578 g/mol. The van der Waals surface area contributed by atoms with E-state index in [2.05, 4.69) is 60.7 Å². The second-order valence-electron chi connectivity index (χ2n) is 11.6. The molecule has 2 atom stereocenters. The van der Waals surface area contributed by atoms with E-state index in [1.54, 1.807) is 11.8 Å². The highest BCUT2D eigenvalue weighted by Crippen LogP contribution is 2.52. The van der Waals surface area contributed by atoms with E-state index in [0.717, 1.165) is 38.9 Å². The topological polar surface area (TPSA) is 66.8 Å². The number of carbonyl (C=O) groups is 2. The van der Waals surface area contributed by atoms with E-state index in [4.69, 9.17) is 4.74 Å². The molecule has 1 N–H and O–H groups in total. The molecule has 224 valence electrons. The van der Waals surface area contributed by atoms with Crippen LogP contribution in [0.5, 0.6) is 0 Å². The number of nitrogens with zero attached hydrogens (tertiary/aromatic N) is 1. The van der Waals surface area contributed by atoms with Gasteiger partial charge < -0.3 is 9.84 Å². The maximum Gasteiger partial charge on any atom is 0.410 e. The molecule has 45 heavy (non-hydrogen) atoms. The van der Waals surface area contributed by atoms with Crippen LogP contribution in [0.4, 0.5) is 4.79 Å². The van der Waals surface area contributed by atoms with Gasteiger partial charge in [0.15, 0.2) is 0 Å². The van der Waals surface area contributed by atoms with Crippen molar-refractivity contribution in [3.63, 3.8) is 0 Å². The lowest BCUT2D eigenvalue weighted by Gasteiger charge is -2.37. The van der Waals surface area contributed by atoms with Crippen LogP contribution < -0.4 is 0 Å². The quantitative estimate of drug-likeness (QED) is 0.179. The molecule has 0 radical (unpaired) electrons. The van der Waals surface area contributed by atoms with Gasteiger partial charge in [0.2, 0.25) is 0 Å². The van der Waals surface area contributed by atoms with Crippen LogP contribution in [-0.4, -0.2) is 46.5 Å². The number of amides is 1. The molecule has 1 amide bonds. The van der Waals surface area contributed by atoms with E-state index in [1.807, 2.05) is 78.9 Å². The van der Waals surface area contributed by atoms with Crippen LogP contribution in [0.25, 0.3) is 11.1 Å². The van der Waals surface area contributed by atoms with Gasteiger partial charge in [-0.3, -0.25) is 4.90 Å². The summed E-state index contributed by atoms with van der Waals surface area (Å²) in [5, 5.41) is 10.1. The Bertz CT molecular complexity index is 1670. The lowest BCUT2D eigenvalue weighted by molar-refractivity contribution is -0.141.